The van der Waals surface area contributed by atoms with E-state index in [1.165, 1.54) is 5.56 Å². The van der Waals surface area contributed by atoms with E-state index in [0.29, 0.717) is 12.6 Å². The number of likely N-dealkylation sites (tertiary alicyclic amines) is 1. The average Bonchev–Trinajstić information content (AvgIpc) is 3.16. The van der Waals surface area contributed by atoms with Crippen LogP contribution in [0.1, 0.15) is 38.1 Å². The van der Waals surface area contributed by atoms with Crippen LogP contribution in [0.3, 0.4) is 0 Å². The number of aryl methyl sites for hydroxylation is 1. The summed E-state index contributed by atoms with van der Waals surface area (Å²) in [5.41, 5.74) is 1.39. The standard InChI is InChI=1S/C20H31N7.HI/c1-3-21-20(22-14-19-25-23-16-27(19)4-2)24-18-10-12-26(13-11-18)15-17-8-6-5-7-9-17;/h5-9,16,18H,3-4,10-15H2,1-2H3,(H2,21,22,24);1H. The molecule has 1 aliphatic rings. The van der Waals surface area contributed by atoms with E-state index in [0.717, 1.165) is 57.3 Å². The lowest BCUT2D eigenvalue weighted by Gasteiger charge is -2.33. The second-order valence-electron chi connectivity index (χ2n) is 6.91. The van der Waals surface area contributed by atoms with Gasteiger partial charge in [0.15, 0.2) is 11.8 Å². The molecule has 2 N–H and O–H groups in total. The molecule has 7 nitrogen and oxygen atoms in total. The van der Waals surface area contributed by atoms with E-state index >= 15 is 0 Å². The fourth-order valence-corrected chi connectivity index (χ4v) is 3.41. The van der Waals surface area contributed by atoms with Gasteiger partial charge in [0, 0.05) is 38.8 Å². The van der Waals surface area contributed by atoms with E-state index in [1.54, 1.807) is 6.33 Å². The second kappa shape index (κ2) is 12.0. The summed E-state index contributed by atoms with van der Waals surface area (Å²) < 4.78 is 2.02. The largest absolute Gasteiger partial charge is 0.357 e. The van der Waals surface area contributed by atoms with Crippen LogP contribution in [0.2, 0.25) is 0 Å². The van der Waals surface area contributed by atoms with Crippen LogP contribution in [0.4, 0.5) is 0 Å². The molecule has 28 heavy (non-hydrogen) atoms. The van der Waals surface area contributed by atoms with Crippen LogP contribution >= 0.6 is 24.0 Å². The Labute approximate surface area is 185 Å². The number of hydrogen-bond donors (Lipinski definition) is 2. The second-order valence-corrected chi connectivity index (χ2v) is 6.91. The first kappa shape index (κ1) is 22.6. The number of rotatable bonds is 7. The van der Waals surface area contributed by atoms with Crippen LogP contribution < -0.4 is 10.6 Å². The van der Waals surface area contributed by atoms with Gasteiger partial charge in [0.25, 0.3) is 0 Å². The lowest BCUT2D eigenvalue weighted by Crippen LogP contribution is -2.48. The molecule has 0 bridgehead atoms. The minimum atomic E-state index is 0. The summed E-state index contributed by atoms with van der Waals surface area (Å²) in [5.74, 6) is 1.76. The van der Waals surface area contributed by atoms with Crippen molar-refractivity contribution in [3.05, 3.63) is 48.0 Å². The van der Waals surface area contributed by atoms with Crippen LogP contribution in [0.15, 0.2) is 41.7 Å². The molecule has 1 aromatic heterocycles. The topological polar surface area (TPSA) is 70.4 Å². The molecule has 1 fully saturated rings. The molecule has 1 saturated heterocycles. The van der Waals surface area contributed by atoms with Gasteiger partial charge in [0.05, 0.1) is 0 Å². The van der Waals surface area contributed by atoms with Gasteiger partial charge < -0.3 is 15.2 Å². The van der Waals surface area contributed by atoms with Crippen LogP contribution in [0, 0.1) is 0 Å². The Bertz CT molecular complexity index is 708. The minimum Gasteiger partial charge on any atom is -0.357 e. The van der Waals surface area contributed by atoms with Crippen molar-refractivity contribution in [3.63, 3.8) is 0 Å². The maximum absolute atomic E-state index is 4.70. The first-order valence-corrected chi connectivity index (χ1v) is 9.96. The quantitative estimate of drug-likeness (QED) is 0.350. The molecule has 154 valence electrons. The fraction of sp³-hybridized carbons (Fsp3) is 0.550. The number of aromatic nitrogens is 3. The third-order valence-corrected chi connectivity index (χ3v) is 4.94. The zero-order chi connectivity index (χ0) is 18.9. The third kappa shape index (κ3) is 6.73. The van der Waals surface area contributed by atoms with Crippen molar-refractivity contribution in [3.8, 4) is 0 Å². The Morgan fingerprint density at radius 3 is 2.61 bits per heavy atom. The molecule has 1 aromatic carbocycles. The Hall–Kier alpha value is -1.68. The highest BCUT2D eigenvalue weighted by molar-refractivity contribution is 14.0. The van der Waals surface area contributed by atoms with Crippen LogP contribution in [0.5, 0.6) is 0 Å². The van der Waals surface area contributed by atoms with Crippen LogP contribution in [-0.4, -0.2) is 51.3 Å². The van der Waals surface area contributed by atoms with Crippen molar-refractivity contribution in [1.82, 2.24) is 30.3 Å². The van der Waals surface area contributed by atoms with Crippen molar-refractivity contribution in [1.29, 1.82) is 0 Å². The minimum absolute atomic E-state index is 0. The van der Waals surface area contributed by atoms with Gasteiger partial charge >= 0.3 is 0 Å². The molecule has 0 aliphatic carbocycles. The molecule has 0 radical (unpaired) electrons. The molecule has 0 atom stereocenters. The lowest BCUT2D eigenvalue weighted by molar-refractivity contribution is 0.198. The van der Waals surface area contributed by atoms with E-state index in [-0.39, 0.29) is 24.0 Å². The van der Waals surface area contributed by atoms with Gasteiger partial charge in [-0.1, -0.05) is 30.3 Å². The summed E-state index contributed by atoms with van der Waals surface area (Å²) >= 11 is 0. The zero-order valence-corrected chi connectivity index (χ0v) is 19.2. The van der Waals surface area contributed by atoms with Crippen molar-refractivity contribution >= 4 is 29.9 Å². The predicted molar refractivity (Wildman–Crippen MR) is 124 cm³/mol. The molecular formula is C20H32IN7. The number of nitrogens with zero attached hydrogens (tertiary/aromatic N) is 5. The summed E-state index contributed by atoms with van der Waals surface area (Å²) in [6.07, 6.45) is 4.01. The summed E-state index contributed by atoms with van der Waals surface area (Å²) in [4.78, 5) is 7.23. The SMILES string of the molecule is CCNC(=NCc1nncn1CC)NC1CCN(Cc2ccccc2)CC1.I. The van der Waals surface area contributed by atoms with E-state index in [4.69, 9.17) is 4.99 Å². The van der Waals surface area contributed by atoms with Crippen LogP contribution in [-0.2, 0) is 19.6 Å². The van der Waals surface area contributed by atoms with Crippen molar-refractivity contribution in [2.45, 2.75) is 52.4 Å². The first-order valence-electron chi connectivity index (χ1n) is 9.96. The normalized spacial score (nSPS) is 15.9. The lowest BCUT2D eigenvalue weighted by atomic mass is 10.0. The summed E-state index contributed by atoms with van der Waals surface area (Å²) in [7, 11) is 0. The number of aliphatic imine (C=N–C) groups is 1. The Balaban J connectivity index is 0.00000280. The number of piperidine rings is 1. The first-order chi connectivity index (χ1) is 13.3. The molecule has 2 aromatic rings. The predicted octanol–water partition coefficient (Wildman–Crippen LogP) is 2.64. The van der Waals surface area contributed by atoms with Crippen molar-refractivity contribution < 1.29 is 0 Å². The number of halogens is 1. The maximum Gasteiger partial charge on any atom is 0.191 e. The highest BCUT2D eigenvalue weighted by Crippen LogP contribution is 2.13. The van der Waals surface area contributed by atoms with E-state index < -0.39 is 0 Å². The molecule has 3 rings (SSSR count). The number of hydrogen-bond acceptors (Lipinski definition) is 4. The Morgan fingerprint density at radius 1 is 1.18 bits per heavy atom. The molecule has 0 saturated carbocycles. The molecular weight excluding hydrogens is 465 g/mol. The van der Waals surface area contributed by atoms with Crippen molar-refractivity contribution in [2.24, 2.45) is 4.99 Å². The van der Waals surface area contributed by atoms with Gasteiger partial charge in [0.1, 0.15) is 12.9 Å². The number of guanidine groups is 1. The van der Waals surface area contributed by atoms with Gasteiger partial charge in [-0.15, -0.1) is 34.2 Å². The number of nitrogens with one attached hydrogen (secondary N) is 2. The Morgan fingerprint density at radius 2 is 1.93 bits per heavy atom. The fourth-order valence-electron chi connectivity index (χ4n) is 3.41. The molecule has 2 heterocycles. The molecule has 0 amide bonds. The van der Waals surface area contributed by atoms with Gasteiger partial charge in [-0.25, -0.2) is 4.99 Å². The molecule has 8 heteroatoms. The van der Waals surface area contributed by atoms with Gasteiger partial charge in [-0.2, -0.15) is 0 Å². The summed E-state index contributed by atoms with van der Waals surface area (Å²) in [6.45, 7) is 9.68. The smallest absolute Gasteiger partial charge is 0.191 e. The summed E-state index contributed by atoms with van der Waals surface area (Å²) in [5, 5.41) is 15.1. The molecule has 1 aliphatic heterocycles. The third-order valence-electron chi connectivity index (χ3n) is 4.94. The molecule has 0 unspecified atom stereocenters. The monoisotopic (exact) mass is 497 g/mol. The van der Waals surface area contributed by atoms with Gasteiger partial charge in [-0.05, 0) is 32.3 Å². The van der Waals surface area contributed by atoms with Crippen LogP contribution in [0.25, 0.3) is 0 Å². The van der Waals surface area contributed by atoms with Crippen molar-refractivity contribution in [2.75, 3.05) is 19.6 Å². The molecule has 0 spiro atoms. The highest BCUT2D eigenvalue weighted by atomic mass is 127. The Kier molecular flexibility index (Phi) is 9.69. The van der Waals surface area contributed by atoms with E-state index in [1.807, 2.05) is 4.57 Å². The van der Waals surface area contributed by atoms with Gasteiger partial charge in [-0.3, -0.25) is 4.90 Å². The summed E-state index contributed by atoms with van der Waals surface area (Å²) in [6, 6.07) is 11.2. The zero-order valence-electron chi connectivity index (χ0n) is 16.8. The maximum atomic E-state index is 4.70. The average molecular weight is 497 g/mol. The van der Waals surface area contributed by atoms with E-state index in [9.17, 15) is 0 Å². The van der Waals surface area contributed by atoms with Gasteiger partial charge in [0.2, 0.25) is 0 Å². The highest BCUT2D eigenvalue weighted by Gasteiger charge is 2.20. The van der Waals surface area contributed by atoms with E-state index in [2.05, 4.69) is 69.9 Å². The number of benzene rings is 1.